The van der Waals surface area contributed by atoms with Crippen molar-refractivity contribution in [1.29, 1.82) is 0 Å². The molecule has 3 unspecified atom stereocenters. The van der Waals surface area contributed by atoms with Crippen LogP contribution in [0.15, 0.2) is 54.6 Å². The van der Waals surface area contributed by atoms with Gasteiger partial charge in [-0.1, -0.05) is 74.9 Å². The zero-order chi connectivity index (χ0) is 14.9. The summed E-state index contributed by atoms with van der Waals surface area (Å²) in [7, 11) is 0. The molecule has 0 amide bonds. The van der Waals surface area contributed by atoms with Gasteiger partial charge in [-0.2, -0.15) is 0 Å². The van der Waals surface area contributed by atoms with Gasteiger partial charge in [-0.25, -0.2) is 0 Å². The van der Waals surface area contributed by atoms with Crippen molar-refractivity contribution in [3.05, 3.63) is 60.2 Å². The van der Waals surface area contributed by atoms with E-state index in [-0.39, 0.29) is 0 Å². The normalized spacial score (nSPS) is 29.3. The van der Waals surface area contributed by atoms with Crippen molar-refractivity contribution < 1.29 is 5.11 Å². The van der Waals surface area contributed by atoms with Gasteiger partial charge in [-0.05, 0) is 41.4 Å². The lowest BCUT2D eigenvalue weighted by Gasteiger charge is -2.42. The van der Waals surface area contributed by atoms with E-state index in [2.05, 4.69) is 62.4 Å². The average Bonchev–Trinajstić information content (AvgIpc) is 2.54. The largest absolute Gasteiger partial charge is 0.385 e. The van der Waals surface area contributed by atoms with Crippen molar-refractivity contribution >= 4 is 0 Å². The summed E-state index contributed by atoms with van der Waals surface area (Å²) in [5.41, 5.74) is 2.84. The van der Waals surface area contributed by atoms with Crippen LogP contribution in [0.25, 0.3) is 11.1 Å². The zero-order valence-corrected chi connectivity index (χ0v) is 12.9. The zero-order valence-electron chi connectivity index (χ0n) is 12.9. The Morgan fingerprint density at radius 3 is 2.19 bits per heavy atom. The van der Waals surface area contributed by atoms with Gasteiger partial charge in [0.05, 0.1) is 5.60 Å². The molecule has 2 aromatic rings. The molecule has 2 aromatic carbocycles. The summed E-state index contributed by atoms with van der Waals surface area (Å²) in [6.45, 7) is 4.45. The first-order valence-corrected chi connectivity index (χ1v) is 7.99. The summed E-state index contributed by atoms with van der Waals surface area (Å²) in [6.07, 6.45) is 3.22. The minimum atomic E-state index is -0.660. The smallest absolute Gasteiger partial charge is 0.0924 e. The molecule has 0 saturated heterocycles. The van der Waals surface area contributed by atoms with Crippen molar-refractivity contribution in [2.45, 2.75) is 38.7 Å². The van der Waals surface area contributed by atoms with Crippen molar-refractivity contribution in [2.75, 3.05) is 0 Å². The Morgan fingerprint density at radius 1 is 0.905 bits per heavy atom. The standard InChI is InChI=1S/C20H24O/c1-15-7-6-14-20(21,16(15)2)19-12-10-18(11-13-19)17-8-4-3-5-9-17/h3-5,8-13,15-16,21H,6-7,14H2,1-2H3. The Hall–Kier alpha value is -1.60. The third kappa shape index (κ3) is 2.63. The molecular weight excluding hydrogens is 256 g/mol. The molecule has 110 valence electrons. The van der Waals surface area contributed by atoms with Crippen LogP contribution in [0.4, 0.5) is 0 Å². The second-order valence-electron chi connectivity index (χ2n) is 6.53. The van der Waals surface area contributed by atoms with E-state index in [4.69, 9.17) is 0 Å². The molecule has 0 heterocycles. The maximum absolute atomic E-state index is 11.1. The fraction of sp³-hybridized carbons (Fsp3) is 0.400. The monoisotopic (exact) mass is 280 g/mol. The van der Waals surface area contributed by atoms with Crippen LogP contribution in [0.3, 0.4) is 0 Å². The molecule has 3 atom stereocenters. The van der Waals surface area contributed by atoms with Gasteiger partial charge in [-0.3, -0.25) is 0 Å². The maximum Gasteiger partial charge on any atom is 0.0924 e. The lowest BCUT2D eigenvalue weighted by Crippen LogP contribution is -2.40. The highest BCUT2D eigenvalue weighted by Gasteiger charge is 2.40. The number of hydrogen-bond donors (Lipinski definition) is 1. The molecule has 1 aliphatic carbocycles. The Labute approximate surface area is 127 Å². The van der Waals surface area contributed by atoms with Crippen molar-refractivity contribution in [3.63, 3.8) is 0 Å². The van der Waals surface area contributed by atoms with Gasteiger partial charge in [0, 0.05) is 0 Å². The highest BCUT2D eigenvalue weighted by Crippen LogP contribution is 2.44. The Balaban J connectivity index is 1.90. The van der Waals surface area contributed by atoms with E-state index < -0.39 is 5.60 Å². The van der Waals surface area contributed by atoms with Gasteiger partial charge in [-0.15, -0.1) is 0 Å². The fourth-order valence-electron chi connectivity index (χ4n) is 3.63. The third-order valence-corrected chi connectivity index (χ3v) is 5.32. The highest BCUT2D eigenvalue weighted by molar-refractivity contribution is 5.63. The lowest BCUT2D eigenvalue weighted by molar-refractivity contribution is -0.0688. The number of aliphatic hydroxyl groups is 1. The van der Waals surface area contributed by atoms with Crippen LogP contribution in [0.1, 0.15) is 38.7 Å². The van der Waals surface area contributed by atoms with Crippen LogP contribution in [0.2, 0.25) is 0 Å². The van der Waals surface area contributed by atoms with Crippen molar-refractivity contribution in [1.82, 2.24) is 0 Å². The van der Waals surface area contributed by atoms with E-state index >= 15 is 0 Å². The number of rotatable bonds is 2. The van der Waals surface area contributed by atoms with E-state index in [0.717, 1.165) is 18.4 Å². The van der Waals surface area contributed by atoms with Crippen LogP contribution in [0, 0.1) is 11.8 Å². The van der Waals surface area contributed by atoms with Gasteiger partial charge < -0.3 is 5.11 Å². The molecule has 1 saturated carbocycles. The topological polar surface area (TPSA) is 20.2 Å². The predicted molar refractivity (Wildman–Crippen MR) is 88.0 cm³/mol. The summed E-state index contributed by atoms with van der Waals surface area (Å²) in [5.74, 6) is 0.895. The third-order valence-electron chi connectivity index (χ3n) is 5.32. The molecule has 1 N–H and O–H groups in total. The predicted octanol–water partition coefficient (Wildman–Crippen LogP) is 5.00. The molecule has 1 nitrogen and oxygen atoms in total. The van der Waals surface area contributed by atoms with E-state index in [1.165, 1.54) is 17.5 Å². The molecule has 0 spiro atoms. The van der Waals surface area contributed by atoms with E-state index in [9.17, 15) is 5.11 Å². The molecule has 0 aromatic heterocycles. The summed E-state index contributed by atoms with van der Waals surface area (Å²) >= 11 is 0. The van der Waals surface area contributed by atoms with Crippen LogP contribution in [0.5, 0.6) is 0 Å². The summed E-state index contributed by atoms with van der Waals surface area (Å²) in [6, 6.07) is 18.9. The van der Waals surface area contributed by atoms with Gasteiger partial charge in [0.1, 0.15) is 0 Å². The first-order valence-electron chi connectivity index (χ1n) is 7.99. The SMILES string of the molecule is CC1CCCC(O)(c2ccc(-c3ccccc3)cc2)C1C. The molecular formula is C20H24O. The summed E-state index contributed by atoms with van der Waals surface area (Å²) in [4.78, 5) is 0. The summed E-state index contributed by atoms with van der Waals surface area (Å²) < 4.78 is 0. The number of hydrogen-bond acceptors (Lipinski definition) is 1. The second kappa shape index (κ2) is 5.65. The van der Waals surface area contributed by atoms with Gasteiger partial charge in [0.2, 0.25) is 0 Å². The van der Waals surface area contributed by atoms with Gasteiger partial charge in [0.25, 0.3) is 0 Å². The lowest BCUT2D eigenvalue weighted by atomic mass is 9.67. The molecule has 1 aliphatic rings. The van der Waals surface area contributed by atoms with Crippen LogP contribution in [-0.2, 0) is 5.60 Å². The molecule has 1 fully saturated rings. The average molecular weight is 280 g/mol. The first-order chi connectivity index (χ1) is 10.1. The Morgan fingerprint density at radius 2 is 1.52 bits per heavy atom. The Bertz CT molecular complexity index is 587. The highest BCUT2D eigenvalue weighted by atomic mass is 16.3. The number of benzene rings is 2. The minimum absolute atomic E-state index is 0.314. The molecule has 0 radical (unpaired) electrons. The van der Waals surface area contributed by atoms with E-state index in [1.807, 2.05) is 6.07 Å². The molecule has 1 heteroatoms. The molecule has 0 bridgehead atoms. The van der Waals surface area contributed by atoms with Crippen LogP contribution < -0.4 is 0 Å². The van der Waals surface area contributed by atoms with Crippen LogP contribution in [-0.4, -0.2) is 5.11 Å². The van der Waals surface area contributed by atoms with Crippen molar-refractivity contribution in [2.24, 2.45) is 11.8 Å². The van der Waals surface area contributed by atoms with Gasteiger partial charge in [0.15, 0.2) is 0 Å². The van der Waals surface area contributed by atoms with Crippen LogP contribution >= 0.6 is 0 Å². The molecule has 21 heavy (non-hydrogen) atoms. The van der Waals surface area contributed by atoms with E-state index in [1.54, 1.807) is 0 Å². The second-order valence-corrected chi connectivity index (χ2v) is 6.53. The minimum Gasteiger partial charge on any atom is -0.385 e. The molecule has 0 aliphatic heterocycles. The quantitative estimate of drug-likeness (QED) is 0.821. The fourth-order valence-corrected chi connectivity index (χ4v) is 3.63. The maximum atomic E-state index is 11.1. The Kier molecular flexibility index (Phi) is 3.86. The van der Waals surface area contributed by atoms with E-state index in [0.29, 0.717) is 11.8 Å². The first kappa shape index (κ1) is 14.3. The van der Waals surface area contributed by atoms with Crippen molar-refractivity contribution in [3.8, 4) is 11.1 Å². The summed E-state index contributed by atoms with van der Waals surface area (Å²) in [5, 5.41) is 11.1. The van der Waals surface area contributed by atoms with Gasteiger partial charge >= 0.3 is 0 Å². The molecule has 3 rings (SSSR count).